The monoisotopic (exact) mass is 353 g/mol. The van der Waals surface area contributed by atoms with Crippen LogP contribution in [0.4, 0.5) is 0 Å². The summed E-state index contributed by atoms with van der Waals surface area (Å²) in [6.07, 6.45) is 6.99. The van der Waals surface area contributed by atoms with Crippen LogP contribution in [-0.4, -0.2) is 74.9 Å². The Morgan fingerprint density at radius 1 is 0.760 bits per heavy atom. The predicted octanol–water partition coefficient (Wildman–Crippen LogP) is 1.92. The third-order valence-corrected chi connectivity index (χ3v) is 7.91. The lowest BCUT2D eigenvalue weighted by atomic mass is 9.62. The van der Waals surface area contributed by atoms with Crippen LogP contribution in [-0.2, 0) is 14.2 Å². The highest BCUT2D eigenvalue weighted by molar-refractivity contribution is 5.02. The summed E-state index contributed by atoms with van der Waals surface area (Å²) in [6, 6.07) is 0.668. The van der Waals surface area contributed by atoms with Crippen molar-refractivity contribution in [3.8, 4) is 0 Å². The second-order valence-corrected chi connectivity index (χ2v) is 8.86. The third-order valence-electron chi connectivity index (χ3n) is 7.91. The molecule has 144 valence electrons. The van der Waals surface area contributed by atoms with E-state index in [1.54, 1.807) is 7.11 Å². The Morgan fingerprint density at radius 3 is 2.16 bits per heavy atom. The first-order chi connectivity index (χ1) is 12.1. The van der Waals surface area contributed by atoms with Crippen molar-refractivity contribution in [2.75, 3.05) is 34.4 Å². The quantitative estimate of drug-likeness (QED) is 0.840. The summed E-state index contributed by atoms with van der Waals surface area (Å²) >= 11 is 0. The molecule has 9 atom stereocenters. The summed E-state index contributed by atoms with van der Waals surface area (Å²) in [5.41, 5.74) is 0. The van der Waals surface area contributed by atoms with Crippen molar-refractivity contribution in [1.82, 2.24) is 4.90 Å². The second kappa shape index (κ2) is 7.43. The lowest BCUT2D eigenvalue weighted by Gasteiger charge is -2.56. The largest absolute Gasteiger partial charge is 0.390 e. The normalized spacial score (nSPS) is 50.6. The van der Waals surface area contributed by atoms with Crippen LogP contribution in [0.3, 0.4) is 0 Å². The molecule has 2 aliphatic carbocycles. The maximum atomic E-state index is 10.4. The molecule has 1 N–H and O–H groups in total. The van der Waals surface area contributed by atoms with E-state index >= 15 is 0 Å². The summed E-state index contributed by atoms with van der Waals surface area (Å²) in [5.74, 6) is 2.84. The van der Waals surface area contributed by atoms with Crippen molar-refractivity contribution in [2.24, 2.45) is 23.7 Å². The molecule has 5 nitrogen and oxygen atoms in total. The molecule has 0 aromatic carbocycles. The number of hydrogen-bond acceptors (Lipinski definition) is 5. The van der Waals surface area contributed by atoms with Gasteiger partial charge >= 0.3 is 0 Å². The van der Waals surface area contributed by atoms with Crippen LogP contribution in [0.15, 0.2) is 0 Å². The molecule has 9 unspecified atom stereocenters. The minimum absolute atomic E-state index is 0.0327. The van der Waals surface area contributed by atoms with Crippen LogP contribution >= 0.6 is 0 Å². The SMILES string of the molecule is COC1CC2CN3CCC4CC(OC)C(OC)CC4C3CC2CC1O. The van der Waals surface area contributed by atoms with Crippen LogP contribution in [0, 0.1) is 23.7 Å². The van der Waals surface area contributed by atoms with E-state index in [1.807, 2.05) is 14.2 Å². The maximum absolute atomic E-state index is 10.4. The molecule has 5 heteroatoms. The van der Waals surface area contributed by atoms with Gasteiger partial charge in [0.25, 0.3) is 0 Å². The fourth-order valence-corrected chi connectivity index (χ4v) is 6.53. The summed E-state index contributed by atoms with van der Waals surface area (Å²) in [5, 5.41) is 10.4. The molecule has 4 fully saturated rings. The molecule has 4 aliphatic rings. The Morgan fingerprint density at radius 2 is 1.44 bits per heavy atom. The van der Waals surface area contributed by atoms with Crippen molar-refractivity contribution in [2.45, 2.75) is 69.0 Å². The molecule has 2 heterocycles. The molecule has 4 rings (SSSR count). The summed E-state index contributed by atoms with van der Waals surface area (Å²) in [6.45, 7) is 2.42. The maximum Gasteiger partial charge on any atom is 0.0836 e. The number of fused-ring (bicyclic) bond motifs is 4. The van der Waals surface area contributed by atoms with E-state index in [-0.39, 0.29) is 24.4 Å². The Hall–Kier alpha value is -0.200. The smallest absolute Gasteiger partial charge is 0.0836 e. The number of aliphatic hydroxyl groups excluding tert-OH is 1. The number of aliphatic hydroxyl groups is 1. The van der Waals surface area contributed by atoms with E-state index in [2.05, 4.69) is 4.90 Å². The highest BCUT2D eigenvalue weighted by Gasteiger charge is 2.50. The van der Waals surface area contributed by atoms with Gasteiger partial charge in [-0.1, -0.05) is 0 Å². The van der Waals surface area contributed by atoms with Gasteiger partial charge in [-0.05, 0) is 68.7 Å². The molecule has 2 saturated carbocycles. The van der Waals surface area contributed by atoms with Gasteiger partial charge < -0.3 is 19.3 Å². The van der Waals surface area contributed by atoms with Gasteiger partial charge in [0.1, 0.15) is 0 Å². The number of ether oxygens (including phenoxy) is 3. The first kappa shape index (κ1) is 18.2. The molecule has 0 amide bonds. The summed E-state index contributed by atoms with van der Waals surface area (Å²) < 4.78 is 17.0. The number of methoxy groups -OCH3 is 3. The molecule has 25 heavy (non-hydrogen) atoms. The fourth-order valence-electron chi connectivity index (χ4n) is 6.53. The highest BCUT2D eigenvalue weighted by atomic mass is 16.5. The van der Waals surface area contributed by atoms with E-state index in [1.165, 1.54) is 25.9 Å². The van der Waals surface area contributed by atoms with E-state index in [9.17, 15) is 5.11 Å². The van der Waals surface area contributed by atoms with Crippen LogP contribution < -0.4 is 0 Å². The number of piperidine rings is 2. The lowest BCUT2D eigenvalue weighted by molar-refractivity contribution is -0.140. The van der Waals surface area contributed by atoms with Crippen molar-refractivity contribution in [3.63, 3.8) is 0 Å². The first-order valence-corrected chi connectivity index (χ1v) is 10.1. The Bertz CT molecular complexity index is 461. The Kier molecular flexibility index (Phi) is 5.40. The van der Waals surface area contributed by atoms with Gasteiger partial charge in [-0.15, -0.1) is 0 Å². The Balaban J connectivity index is 1.47. The molecular weight excluding hydrogens is 318 g/mol. The molecule has 0 bridgehead atoms. The zero-order valence-corrected chi connectivity index (χ0v) is 16.0. The zero-order chi connectivity index (χ0) is 17.6. The average Bonchev–Trinajstić information content (AvgIpc) is 2.64. The van der Waals surface area contributed by atoms with Gasteiger partial charge in [0.15, 0.2) is 0 Å². The molecular formula is C20H35NO4. The van der Waals surface area contributed by atoms with Crippen molar-refractivity contribution in [1.29, 1.82) is 0 Å². The van der Waals surface area contributed by atoms with Crippen molar-refractivity contribution in [3.05, 3.63) is 0 Å². The predicted molar refractivity (Wildman–Crippen MR) is 95.4 cm³/mol. The van der Waals surface area contributed by atoms with Gasteiger partial charge in [-0.2, -0.15) is 0 Å². The first-order valence-electron chi connectivity index (χ1n) is 10.1. The minimum Gasteiger partial charge on any atom is -0.390 e. The van der Waals surface area contributed by atoms with Crippen LogP contribution in [0.1, 0.15) is 38.5 Å². The van der Waals surface area contributed by atoms with Gasteiger partial charge in [0, 0.05) is 33.9 Å². The van der Waals surface area contributed by atoms with Gasteiger partial charge in [0.05, 0.1) is 24.4 Å². The zero-order valence-electron chi connectivity index (χ0n) is 16.0. The molecule has 0 aromatic rings. The molecule has 0 aromatic heterocycles. The van der Waals surface area contributed by atoms with E-state index < -0.39 is 0 Å². The van der Waals surface area contributed by atoms with Crippen LogP contribution in [0.2, 0.25) is 0 Å². The molecule has 2 aliphatic heterocycles. The van der Waals surface area contributed by atoms with Crippen molar-refractivity contribution < 1.29 is 19.3 Å². The van der Waals surface area contributed by atoms with Crippen LogP contribution in [0.25, 0.3) is 0 Å². The van der Waals surface area contributed by atoms with Gasteiger partial charge in [-0.3, -0.25) is 4.90 Å². The van der Waals surface area contributed by atoms with Crippen molar-refractivity contribution >= 4 is 0 Å². The van der Waals surface area contributed by atoms with Crippen LogP contribution in [0.5, 0.6) is 0 Å². The second-order valence-electron chi connectivity index (χ2n) is 8.86. The topological polar surface area (TPSA) is 51.2 Å². The standard InChI is InChI=1S/C20H35NO4/c1-23-18-9-14-11-21-5-4-12-8-19(24-2)20(25-3)10-15(12)16(21)6-13(14)7-17(18)22/h12-20,22H,4-11H2,1-3H3. The number of nitrogens with zero attached hydrogens (tertiary/aromatic N) is 1. The Labute approximate surface area is 152 Å². The molecule has 0 spiro atoms. The molecule has 2 saturated heterocycles. The lowest BCUT2D eigenvalue weighted by Crippen LogP contribution is -2.60. The average molecular weight is 354 g/mol. The fraction of sp³-hybridized carbons (Fsp3) is 1.00. The minimum atomic E-state index is -0.284. The van der Waals surface area contributed by atoms with E-state index in [0.717, 1.165) is 37.5 Å². The van der Waals surface area contributed by atoms with Gasteiger partial charge in [-0.25, -0.2) is 0 Å². The van der Waals surface area contributed by atoms with E-state index in [4.69, 9.17) is 14.2 Å². The highest BCUT2D eigenvalue weighted by Crippen LogP contribution is 2.48. The van der Waals surface area contributed by atoms with Gasteiger partial charge in [0.2, 0.25) is 0 Å². The summed E-state index contributed by atoms with van der Waals surface area (Å²) in [7, 11) is 5.40. The number of rotatable bonds is 3. The van der Waals surface area contributed by atoms with E-state index in [0.29, 0.717) is 17.9 Å². The third kappa shape index (κ3) is 3.27. The number of hydrogen-bond donors (Lipinski definition) is 1. The molecule has 0 radical (unpaired) electrons. The summed E-state index contributed by atoms with van der Waals surface area (Å²) in [4.78, 5) is 2.76.